The van der Waals surface area contributed by atoms with E-state index in [9.17, 15) is 9.59 Å². The highest BCUT2D eigenvalue weighted by molar-refractivity contribution is 7.99. The van der Waals surface area contributed by atoms with Crippen molar-refractivity contribution in [3.05, 3.63) is 59.4 Å². The topological polar surface area (TPSA) is 84.4 Å². The highest BCUT2D eigenvalue weighted by Crippen LogP contribution is 2.30. The van der Waals surface area contributed by atoms with Crippen LogP contribution in [-0.2, 0) is 4.74 Å². The zero-order valence-electron chi connectivity index (χ0n) is 19.0. The van der Waals surface area contributed by atoms with Crippen molar-refractivity contribution in [3.8, 4) is 0 Å². The molecule has 0 spiro atoms. The molecule has 0 aliphatic carbocycles. The van der Waals surface area contributed by atoms with E-state index in [1.165, 1.54) is 0 Å². The molecule has 0 saturated carbocycles. The van der Waals surface area contributed by atoms with Crippen molar-refractivity contribution in [1.29, 1.82) is 0 Å². The lowest BCUT2D eigenvalue weighted by Gasteiger charge is -2.27. The van der Waals surface area contributed by atoms with E-state index in [1.54, 1.807) is 18.3 Å². The van der Waals surface area contributed by atoms with E-state index < -0.39 is 0 Å². The lowest BCUT2D eigenvalue weighted by atomic mass is 10.1. The normalized spacial score (nSPS) is 13.7. The number of carbonyl (C=O) groups is 2. The minimum Gasteiger partial charge on any atom is -0.462 e. The van der Waals surface area contributed by atoms with Gasteiger partial charge in [0.25, 0.3) is 5.91 Å². The van der Waals surface area contributed by atoms with Gasteiger partial charge in [-0.25, -0.2) is 14.8 Å². The third-order valence-electron chi connectivity index (χ3n) is 5.52. The molecular weight excluding hydrogens is 436 g/mol. The summed E-state index contributed by atoms with van der Waals surface area (Å²) in [7, 11) is 0. The van der Waals surface area contributed by atoms with Gasteiger partial charge in [0.15, 0.2) is 5.65 Å². The van der Waals surface area contributed by atoms with Gasteiger partial charge in [0.05, 0.1) is 23.4 Å². The van der Waals surface area contributed by atoms with E-state index in [1.807, 2.05) is 47.9 Å². The SMILES string of the molecule is CCCCOC(=O)c1ccc(Nc2c(C(=O)N3CCSCC3)cnc3nc(C)ccc23)cc1. The van der Waals surface area contributed by atoms with Crippen LogP contribution in [0.25, 0.3) is 11.0 Å². The molecule has 172 valence electrons. The second kappa shape index (κ2) is 10.7. The van der Waals surface area contributed by atoms with Crippen LogP contribution in [0.15, 0.2) is 42.6 Å². The third-order valence-corrected chi connectivity index (χ3v) is 6.46. The number of unbranched alkanes of at least 4 members (excludes halogenated alkanes) is 1. The number of hydrogen-bond donors (Lipinski definition) is 1. The number of amides is 1. The zero-order valence-corrected chi connectivity index (χ0v) is 19.8. The average molecular weight is 465 g/mol. The number of ether oxygens (including phenoxy) is 1. The number of hydrogen-bond acceptors (Lipinski definition) is 7. The van der Waals surface area contributed by atoms with Crippen LogP contribution in [0.1, 0.15) is 46.2 Å². The molecule has 1 aromatic carbocycles. The van der Waals surface area contributed by atoms with Crippen LogP contribution in [0.2, 0.25) is 0 Å². The van der Waals surface area contributed by atoms with Crippen LogP contribution >= 0.6 is 11.8 Å². The number of aromatic nitrogens is 2. The summed E-state index contributed by atoms with van der Waals surface area (Å²) in [5, 5.41) is 4.17. The van der Waals surface area contributed by atoms with Gasteiger partial charge in [-0.3, -0.25) is 4.79 Å². The largest absolute Gasteiger partial charge is 0.462 e. The predicted octanol–water partition coefficient (Wildman–Crippen LogP) is 4.83. The molecule has 3 aromatic rings. The molecule has 1 aliphatic rings. The van der Waals surface area contributed by atoms with Gasteiger partial charge in [0, 0.05) is 47.6 Å². The Kier molecular flexibility index (Phi) is 7.44. The molecule has 1 N–H and O–H groups in total. The number of thioether (sulfide) groups is 1. The molecule has 33 heavy (non-hydrogen) atoms. The first kappa shape index (κ1) is 23.0. The van der Waals surface area contributed by atoms with Gasteiger partial charge in [-0.05, 0) is 49.7 Å². The van der Waals surface area contributed by atoms with Gasteiger partial charge in [0.2, 0.25) is 0 Å². The quantitative estimate of drug-likeness (QED) is 0.396. The first-order valence-corrected chi connectivity index (χ1v) is 12.4. The van der Waals surface area contributed by atoms with E-state index in [0.29, 0.717) is 29.1 Å². The summed E-state index contributed by atoms with van der Waals surface area (Å²) < 4.78 is 5.29. The van der Waals surface area contributed by atoms with Crippen molar-refractivity contribution >= 4 is 46.0 Å². The van der Waals surface area contributed by atoms with Gasteiger partial charge in [-0.1, -0.05) is 13.3 Å². The number of anilines is 2. The summed E-state index contributed by atoms with van der Waals surface area (Å²) in [6.07, 6.45) is 3.43. The van der Waals surface area contributed by atoms with E-state index in [-0.39, 0.29) is 11.9 Å². The summed E-state index contributed by atoms with van der Waals surface area (Å²) in [6, 6.07) is 10.9. The maximum Gasteiger partial charge on any atom is 0.338 e. The maximum absolute atomic E-state index is 13.3. The van der Waals surface area contributed by atoms with Crippen molar-refractivity contribution in [1.82, 2.24) is 14.9 Å². The first-order valence-electron chi connectivity index (χ1n) is 11.2. The van der Waals surface area contributed by atoms with Gasteiger partial charge >= 0.3 is 5.97 Å². The number of nitrogens with one attached hydrogen (secondary N) is 1. The van der Waals surface area contributed by atoms with E-state index >= 15 is 0 Å². The molecule has 0 radical (unpaired) electrons. The molecule has 1 fully saturated rings. The smallest absolute Gasteiger partial charge is 0.338 e. The Bertz CT molecular complexity index is 1140. The fraction of sp³-hybridized carbons (Fsp3) is 0.360. The van der Waals surface area contributed by atoms with Gasteiger partial charge < -0.3 is 15.0 Å². The maximum atomic E-state index is 13.3. The Morgan fingerprint density at radius 2 is 1.88 bits per heavy atom. The molecule has 1 saturated heterocycles. The summed E-state index contributed by atoms with van der Waals surface area (Å²) in [4.78, 5) is 36.4. The summed E-state index contributed by atoms with van der Waals surface area (Å²) in [6.45, 7) is 5.84. The van der Waals surface area contributed by atoms with Crippen molar-refractivity contribution in [3.63, 3.8) is 0 Å². The highest BCUT2D eigenvalue weighted by atomic mass is 32.2. The van der Waals surface area contributed by atoms with Crippen LogP contribution in [0.3, 0.4) is 0 Å². The van der Waals surface area contributed by atoms with Gasteiger partial charge in [-0.15, -0.1) is 0 Å². The van der Waals surface area contributed by atoms with Crippen molar-refractivity contribution in [2.45, 2.75) is 26.7 Å². The first-order chi connectivity index (χ1) is 16.1. The highest BCUT2D eigenvalue weighted by Gasteiger charge is 2.23. The minimum atomic E-state index is -0.331. The van der Waals surface area contributed by atoms with Crippen LogP contribution in [0.4, 0.5) is 11.4 Å². The molecule has 0 unspecified atom stereocenters. The number of carbonyl (C=O) groups excluding carboxylic acids is 2. The number of rotatable bonds is 7. The van der Waals surface area contributed by atoms with Crippen molar-refractivity contribution < 1.29 is 14.3 Å². The molecule has 2 aromatic heterocycles. The van der Waals surface area contributed by atoms with E-state index in [2.05, 4.69) is 22.2 Å². The van der Waals surface area contributed by atoms with E-state index in [4.69, 9.17) is 4.74 Å². The summed E-state index contributed by atoms with van der Waals surface area (Å²) in [5.41, 5.74) is 3.89. The average Bonchev–Trinajstić information content (AvgIpc) is 2.84. The summed E-state index contributed by atoms with van der Waals surface area (Å²) in [5.74, 6) is 1.50. The Morgan fingerprint density at radius 3 is 2.61 bits per heavy atom. The van der Waals surface area contributed by atoms with Gasteiger partial charge in [0.1, 0.15) is 0 Å². The Balaban J connectivity index is 1.64. The Labute approximate surface area is 197 Å². The molecule has 1 amide bonds. The Morgan fingerprint density at radius 1 is 1.12 bits per heavy atom. The fourth-order valence-electron chi connectivity index (χ4n) is 3.63. The lowest BCUT2D eigenvalue weighted by Crippen LogP contribution is -2.38. The standard InChI is InChI=1S/C25H28N4O3S/c1-3-4-13-32-25(31)18-6-8-19(9-7-18)28-22-20-10-5-17(2)27-23(20)26-16-21(22)24(30)29-11-14-33-15-12-29/h5-10,16H,3-4,11-15H2,1-2H3,(H,26,27,28). The number of nitrogens with zero attached hydrogens (tertiary/aromatic N) is 3. The monoisotopic (exact) mass is 464 g/mol. The third kappa shape index (κ3) is 5.45. The second-order valence-corrected chi connectivity index (χ2v) is 9.19. The number of aryl methyl sites for hydroxylation is 1. The summed E-state index contributed by atoms with van der Waals surface area (Å²) >= 11 is 1.86. The number of fused-ring (bicyclic) bond motifs is 1. The van der Waals surface area contributed by atoms with E-state index in [0.717, 1.165) is 54.2 Å². The van der Waals surface area contributed by atoms with Crippen LogP contribution in [-0.4, -0.2) is 57.9 Å². The molecule has 4 rings (SSSR count). The van der Waals surface area contributed by atoms with Gasteiger partial charge in [-0.2, -0.15) is 11.8 Å². The molecule has 3 heterocycles. The van der Waals surface area contributed by atoms with Crippen molar-refractivity contribution in [2.75, 3.05) is 36.5 Å². The van der Waals surface area contributed by atoms with Crippen molar-refractivity contribution in [2.24, 2.45) is 0 Å². The minimum absolute atomic E-state index is 0.0381. The fourth-order valence-corrected chi connectivity index (χ4v) is 4.54. The van der Waals surface area contributed by atoms with Crippen LogP contribution in [0, 0.1) is 6.92 Å². The number of benzene rings is 1. The molecule has 0 bridgehead atoms. The molecule has 8 heteroatoms. The zero-order chi connectivity index (χ0) is 23.2. The van der Waals surface area contributed by atoms with Crippen LogP contribution in [0.5, 0.6) is 0 Å². The number of pyridine rings is 2. The molecule has 0 atom stereocenters. The molecular formula is C25H28N4O3S. The predicted molar refractivity (Wildman–Crippen MR) is 132 cm³/mol. The molecule has 7 nitrogen and oxygen atoms in total. The second-order valence-electron chi connectivity index (χ2n) is 7.97. The Hall–Kier alpha value is -3.13. The lowest BCUT2D eigenvalue weighted by molar-refractivity contribution is 0.0499. The molecule has 1 aliphatic heterocycles. The van der Waals surface area contributed by atoms with Crippen LogP contribution < -0.4 is 5.32 Å². The number of esters is 1.